The molecule has 118 valence electrons. The summed E-state index contributed by atoms with van der Waals surface area (Å²) in [5, 5.41) is 4.00. The Balaban J connectivity index is 1.60. The summed E-state index contributed by atoms with van der Waals surface area (Å²) in [7, 11) is -0.176. The average Bonchev–Trinajstić information content (AvgIpc) is 3.00. The second-order valence-corrected chi connectivity index (χ2v) is 8.15. The maximum absolute atomic E-state index is 12.3. The molecule has 1 atom stereocenters. The predicted molar refractivity (Wildman–Crippen MR) is 76.9 cm³/mol. The van der Waals surface area contributed by atoms with Crippen LogP contribution in [0.2, 0.25) is 0 Å². The highest BCUT2D eigenvalue weighted by molar-refractivity contribution is 7.86. The van der Waals surface area contributed by atoms with Crippen LogP contribution in [0.5, 0.6) is 0 Å². The first-order chi connectivity index (χ1) is 9.98. The van der Waals surface area contributed by atoms with Crippen LogP contribution in [0.4, 0.5) is 0 Å². The molecule has 2 fully saturated rings. The Morgan fingerprint density at radius 2 is 2.10 bits per heavy atom. The van der Waals surface area contributed by atoms with Gasteiger partial charge in [0, 0.05) is 39.0 Å². The van der Waals surface area contributed by atoms with Crippen LogP contribution >= 0.6 is 0 Å². The molecule has 0 radical (unpaired) electrons. The Bertz CT molecular complexity index is 594. The molecule has 0 bridgehead atoms. The van der Waals surface area contributed by atoms with Crippen LogP contribution in [-0.2, 0) is 16.6 Å². The molecule has 0 aromatic carbocycles. The minimum absolute atomic E-state index is 0.0419. The molecule has 1 saturated heterocycles. The number of aromatic nitrogens is 2. The molecule has 0 spiro atoms. The highest BCUT2D eigenvalue weighted by atomic mass is 32.2. The Morgan fingerprint density at radius 1 is 1.33 bits per heavy atom. The molecule has 0 N–H and O–H groups in total. The van der Waals surface area contributed by atoms with Gasteiger partial charge in [0.25, 0.3) is 10.2 Å². The lowest BCUT2D eigenvalue weighted by atomic mass is 10.1. The van der Waals surface area contributed by atoms with Gasteiger partial charge in [0.1, 0.15) is 0 Å². The quantitative estimate of drug-likeness (QED) is 0.787. The molecule has 2 heterocycles. The minimum Gasteiger partial charge on any atom is -0.339 e. The van der Waals surface area contributed by atoms with Crippen LogP contribution in [0.1, 0.15) is 49.7 Å². The van der Waals surface area contributed by atoms with E-state index in [-0.39, 0.29) is 6.04 Å². The first kappa shape index (κ1) is 14.9. The summed E-state index contributed by atoms with van der Waals surface area (Å²) in [6.07, 6.45) is 5.51. The third-order valence-electron chi connectivity index (χ3n) is 4.19. The topological polar surface area (TPSA) is 79.5 Å². The maximum Gasteiger partial charge on any atom is 0.281 e. The van der Waals surface area contributed by atoms with Crippen molar-refractivity contribution in [1.29, 1.82) is 0 Å². The number of hydrogen-bond acceptors (Lipinski definition) is 5. The van der Waals surface area contributed by atoms with Gasteiger partial charge in [-0.25, -0.2) is 0 Å². The van der Waals surface area contributed by atoms with Crippen molar-refractivity contribution in [1.82, 2.24) is 18.8 Å². The van der Waals surface area contributed by atoms with Crippen molar-refractivity contribution >= 4 is 10.2 Å². The molecule has 8 heteroatoms. The molecule has 1 aromatic heterocycles. The van der Waals surface area contributed by atoms with E-state index in [4.69, 9.17) is 4.52 Å². The van der Waals surface area contributed by atoms with E-state index in [0.29, 0.717) is 24.7 Å². The number of rotatable bonds is 6. The monoisotopic (exact) mass is 314 g/mol. The summed E-state index contributed by atoms with van der Waals surface area (Å²) in [5.74, 6) is 1.91. The summed E-state index contributed by atoms with van der Waals surface area (Å²) >= 11 is 0. The number of hydrogen-bond donors (Lipinski definition) is 0. The Kier molecular flexibility index (Phi) is 4.02. The van der Waals surface area contributed by atoms with Gasteiger partial charge in [0.2, 0.25) is 5.89 Å². The molecule has 1 aliphatic carbocycles. The van der Waals surface area contributed by atoms with Gasteiger partial charge in [0.15, 0.2) is 5.82 Å². The first-order valence-corrected chi connectivity index (χ1v) is 8.90. The zero-order valence-corrected chi connectivity index (χ0v) is 13.3. The van der Waals surface area contributed by atoms with Crippen LogP contribution in [0.25, 0.3) is 0 Å². The molecule has 21 heavy (non-hydrogen) atoms. The van der Waals surface area contributed by atoms with Crippen LogP contribution in [0, 0.1) is 0 Å². The molecule has 3 rings (SSSR count). The van der Waals surface area contributed by atoms with E-state index in [2.05, 4.69) is 10.1 Å². The van der Waals surface area contributed by atoms with Gasteiger partial charge in [-0.2, -0.15) is 22.0 Å². The molecule has 0 amide bonds. The summed E-state index contributed by atoms with van der Waals surface area (Å²) < 4.78 is 32.6. The number of aryl methyl sites for hydroxylation is 1. The zero-order chi connectivity index (χ0) is 15.0. The standard InChI is InChI=1S/C13H22N4O3S/c1-16(2)21(18,19)17-9-3-4-11(17)7-8-12-14-13(20-15-12)10-5-6-10/h10-11H,3-9H2,1-2H3. The third-order valence-corrected chi connectivity index (χ3v) is 6.19. The summed E-state index contributed by atoms with van der Waals surface area (Å²) in [4.78, 5) is 4.40. The lowest BCUT2D eigenvalue weighted by Gasteiger charge is -2.26. The molecule has 1 unspecified atom stereocenters. The third kappa shape index (κ3) is 3.12. The molecular weight excluding hydrogens is 292 g/mol. The van der Waals surface area contributed by atoms with Crippen molar-refractivity contribution in [3.63, 3.8) is 0 Å². The van der Waals surface area contributed by atoms with E-state index in [1.165, 1.54) is 4.31 Å². The Hall–Kier alpha value is -0.990. The zero-order valence-electron chi connectivity index (χ0n) is 12.5. The lowest BCUT2D eigenvalue weighted by molar-refractivity contribution is 0.338. The average molecular weight is 314 g/mol. The summed E-state index contributed by atoms with van der Waals surface area (Å²) in [6.45, 7) is 0.602. The van der Waals surface area contributed by atoms with E-state index in [1.54, 1.807) is 18.4 Å². The number of nitrogens with zero attached hydrogens (tertiary/aromatic N) is 4. The van der Waals surface area contributed by atoms with E-state index in [9.17, 15) is 8.42 Å². The van der Waals surface area contributed by atoms with Crippen LogP contribution < -0.4 is 0 Å². The second-order valence-electron chi connectivity index (χ2n) is 6.06. The minimum atomic E-state index is -3.33. The van der Waals surface area contributed by atoms with Crippen molar-refractivity contribution in [2.75, 3.05) is 20.6 Å². The fourth-order valence-corrected chi connectivity index (χ4v) is 4.14. The molecule has 2 aliphatic rings. The SMILES string of the molecule is CN(C)S(=O)(=O)N1CCCC1CCc1noc(C2CC2)n1. The Labute approximate surface area is 125 Å². The van der Waals surface area contributed by atoms with Crippen LogP contribution in [0.3, 0.4) is 0 Å². The van der Waals surface area contributed by atoms with Gasteiger partial charge in [-0.15, -0.1) is 0 Å². The normalized spacial score (nSPS) is 24.0. The van der Waals surface area contributed by atoms with Gasteiger partial charge in [-0.05, 0) is 32.1 Å². The van der Waals surface area contributed by atoms with E-state index in [1.807, 2.05) is 0 Å². The Morgan fingerprint density at radius 3 is 2.76 bits per heavy atom. The second kappa shape index (κ2) is 5.66. The van der Waals surface area contributed by atoms with Crippen molar-refractivity contribution in [3.05, 3.63) is 11.7 Å². The van der Waals surface area contributed by atoms with Crippen LogP contribution in [-0.4, -0.2) is 53.9 Å². The van der Waals surface area contributed by atoms with E-state index >= 15 is 0 Å². The van der Waals surface area contributed by atoms with E-state index < -0.39 is 10.2 Å². The van der Waals surface area contributed by atoms with Crippen molar-refractivity contribution in [2.45, 2.75) is 50.5 Å². The van der Waals surface area contributed by atoms with Gasteiger partial charge < -0.3 is 4.52 Å². The summed E-state index contributed by atoms with van der Waals surface area (Å²) in [6, 6.07) is 0.0419. The fraction of sp³-hybridized carbons (Fsp3) is 0.846. The van der Waals surface area contributed by atoms with Gasteiger partial charge in [-0.1, -0.05) is 5.16 Å². The first-order valence-electron chi connectivity index (χ1n) is 7.50. The molecular formula is C13H22N4O3S. The van der Waals surface area contributed by atoms with Crippen LogP contribution in [0.15, 0.2) is 4.52 Å². The van der Waals surface area contributed by atoms with Gasteiger partial charge in [0.05, 0.1) is 0 Å². The van der Waals surface area contributed by atoms with Gasteiger partial charge in [-0.3, -0.25) is 0 Å². The molecule has 7 nitrogen and oxygen atoms in total. The predicted octanol–water partition coefficient (Wildman–Crippen LogP) is 1.15. The molecule has 1 aliphatic heterocycles. The lowest BCUT2D eigenvalue weighted by Crippen LogP contribution is -2.42. The summed E-state index contributed by atoms with van der Waals surface area (Å²) in [5.41, 5.74) is 0. The highest BCUT2D eigenvalue weighted by Crippen LogP contribution is 2.38. The van der Waals surface area contributed by atoms with Gasteiger partial charge >= 0.3 is 0 Å². The smallest absolute Gasteiger partial charge is 0.281 e. The molecule has 1 saturated carbocycles. The largest absolute Gasteiger partial charge is 0.339 e. The van der Waals surface area contributed by atoms with E-state index in [0.717, 1.165) is 38.0 Å². The molecule has 1 aromatic rings. The fourth-order valence-electron chi connectivity index (χ4n) is 2.77. The maximum atomic E-state index is 12.3. The van der Waals surface area contributed by atoms with Crippen molar-refractivity contribution in [3.8, 4) is 0 Å². The highest BCUT2D eigenvalue weighted by Gasteiger charge is 2.35. The van der Waals surface area contributed by atoms with Crippen molar-refractivity contribution < 1.29 is 12.9 Å². The van der Waals surface area contributed by atoms with Crippen molar-refractivity contribution in [2.24, 2.45) is 0 Å².